The zero-order valence-corrected chi connectivity index (χ0v) is 16.2. The van der Waals surface area contributed by atoms with Gasteiger partial charge in [0.2, 0.25) is 5.91 Å². The lowest BCUT2D eigenvalue weighted by Crippen LogP contribution is -2.40. The Morgan fingerprint density at radius 1 is 1.23 bits per heavy atom. The van der Waals surface area contributed by atoms with Crippen LogP contribution in [0.1, 0.15) is 43.0 Å². The lowest BCUT2D eigenvalue weighted by atomic mass is 9.97. The van der Waals surface area contributed by atoms with E-state index in [1.807, 2.05) is 22.8 Å². The fraction of sp³-hybridized carbons (Fsp3) is 0.632. The van der Waals surface area contributed by atoms with E-state index >= 15 is 0 Å². The maximum absolute atomic E-state index is 13.0. The first kappa shape index (κ1) is 19.2. The molecule has 2 aliphatic heterocycles. The van der Waals surface area contributed by atoms with Crippen molar-refractivity contribution in [2.75, 3.05) is 32.7 Å². The summed E-state index contributed by atoms with van der Waals surface area (Å²) in [6.07, 6.45) is 5.75. The third-order valence-corrected chi connectivity index (χ3v) is 6.39. The lowest BCUT2D eigenvalue weighted by Gasteiger charge is -2.31. The van der Waals surface area contributed by atoms with Gasteiger partial charge in [-0.1, -0.05) is 11.8 Å². The van der Waals surface area contributed by atoms with Gasteiger partial charge in [-0.2, -0.15) is 0 Å². The Bertz CT molecular complexity index is 640. The van der Waals surface area contributed by atoms with E-state index in [-0.39, 0.29) is 17.1 Å². The van der Waals surface area contributed by atoms with E-state index < -0.39 is 0 Å². The Morgan fingerprint density at radius 3 is 2.58 bits per heavy atom. The zero-order valence-electron chi connectivity index (χ0n) is 15.4. The number of nitrogens with two attached hydrogens (primary N) is 1. The number of hydrogen-bond donors (Lipinski definition) is 1. The van der Waals surface area contributed by atoms with Crippen molar-refractivity contribution in [2.24, 2.45) is 11.7 Å². The molecule has 1 aromatic heterocycles. The highest BCUT2D eigenvalue weighted by Crippen LogP contribution is 2.28. The predicted molar refractivity (Wildman–Crippen MR) is 103 cm³/mol. The van der Waals surface area contributed by atoms with Gasteiger partial charge in [0.15, 0.2) is 0 Å². The van der Waals surface area contributed by atoms with Gasteiger partial charge in [-0.3, -0.25) is 9.59 Å². The molecule has 1 unspecified atom stereocenters. The second-order valence-corrected chi connectivity index (χ2v) is 8.45. The van der Waals surface area contributed by atoms with Gasteiger partial charge in [-0.05, 0) is 57.2 Å². The quantitative estimate of drug-likeness (QED) is 0.795. The Balaban J connectivity index is 1.67. The van der Waals surface area contributed by atoms with E-state index in [1.165, 1.54) is 11.8 Å². The second-order valence-electron chi connectivity index (χ2n) is 7.12. The Kier molecular flexibility index (Phi) is 6.53. The molecule has 0 saturated carbocycles. The van der Waals surface area contributed by atoms with Crippen LogP contribution < -0.4 is 5.73 Å². The molecule has 0 spiro atoms. The SMILES string of the molecule is CC(Sc1ncccc1C(=O)N1CCC(CN)CC1)C(=O)N1CCCC1. The van der Waals surface area contributed by atoms with Gasteiger partial charge < -0.3 is 15.5 Å². The molecule has 3 rings (SSSR count). The maximum atomic E-state index is 13.0. The predicted octanol–water partition coefficient (Wildman–Crippen LogP) is 2.00. The first-order chi connectivity index (χ1) is 12.6. The van der Waals surface area contributed by atoms with Gasteiger partial charge >= 0.3 is 0 Å². The minimum absolute atomic E-state index is 0.0110. The van der Waals surface area contributed by atoms with Crippen molar-refractivity contribution in [1.82, 2.24) is 14.8 Å². The summed E-state index contributed by atoms with van der Waals surface area (Å²) in [5, 5.41) is 0.413. The largest absolute Gasteiger partial charge is 0.342 e. The molecule has 2 aliphatic rings. The van der Waals surface area contributed by atoms with Crippen LogP contribution in [0.25, 0.3) is 0 Å². The molecule has 1 aromatic rings. The molecule has 0 aliphatic carbocycles. The van der Waals surface area contributed by atoms with Crippen LogP contribution in [0.5, 0.6) is 0 Å². The highest BCUT2D eigenvalue weighted by atomic mass is 32.2. The molecule has 7 heteroatoms. The summed E-state index contributed by atoms with van der Waals surface area (Å²) in [4.78, 5) is 33.7. The number of likely N-dealkylation sites (tertiary alicyclic amines) is 2. The smallest absolute Gasteiger partial charge is 0.256 e. The monoisotopic (exact) mass is 376 g/mol. The molecule has 142 valence electrons. The normalized spacial score (nSPS) is 19.6. The summed E-state index contributed by atoms with van der Waals surface area (Å²) in [7, 11) is 0. The van der Waals surface area contributed by atoms with Crippen molar-refractivity contribution in [3.63, 3.8) is 0 Å². The van der Waals surface area contributed by atoms with E-state index in [0.717, 1.165) is 51.9 Å². The zero-order chi connectivity index (χ0) is 18.5. The highest BCUT2D eigenvalue weighted by molar-refractivity contribution is 8.00. The molecule has 2 fully saturated rings. The summed E-state index contributed by atoms with van der Waals surface area (Å²) in [5.74, 6) is 0.664. The van der Waals surface area contributed by atoms with E-state index in [2.05, 4.69) is 4.98 Å². The summed E-state index contributed by atoms with van der Waals surface area (Å²) in [6, 6.07) is 3.61. The Labute approximate surface area is 159 Å². The maximum Gasteiger partial charge on any atom is 0.256 e. The molecule has 1 atom stereocenters. The highest BCUT2D eigenvalue weighted by Gasteiger charge is 2.28. The molecular weight excluding hydrogens is 348 g/mol. The first-order valence-corrected chi connectivity index (χ1v) is 10.4. The molecule has 2 amide bonds. The van der Waals surface area contributed by atoms with Crippen molar-refractivity contribution in [1.29, 1.82) is 0 Å². The van der Waals surface area contributed by atoms with Crippen LogP contribution in [0.15, 0.2) is 23.4 Å². The fourth-order valence-corrected chi connectivity index (χ4v) is 4.59. The number of amides is 2. The average molecular weight is 377 g/mol. The van der Waals surface area contributed by atoms with Gasteiger partial charge in [0.1, 0.15) is 5.03 Å². The number of hydrogen-bond acceptors (Lipinski definition) is 5. The van der Waals surface area contributed by atoms with Crippen molar-refractivity contribution < 1.29 is 9.59 Å². The second kappa shape index (κ2) is 8.86. The lowest BCUT2D eigenvalue weighted by molar-refractivity contribution is -0.129. The topological polar surface area (TPSA) is 79.5 Å². The minimum atomic E-state index is -0.238. The van der Waals surface area contributed by atoms with Gasteiger partial charge in [-0.15, -0.1) is 0 Å². The van der Waals surface area contributed by atoms with Crippen molar-refractivity contribution >= 4 is 23.6 Å². The van der Waals surface area contributed by atoms with Crippen LogP contribution in [0.4, 0.5) is 0 Å². The first-order valence-electron chi connectivity index (χ1n) is 9.50. The van der Waals surface area contributed by atoms with E-state index in [4.69, 9.17) is 5.73 Å². The summed E-state index contributed by atoms with van der Waals surface area (Å²) in [5.41, 5.74) is 6.34. The number of pyridine rings is 1. The number of piperidine rings is 1. The third kappa shape index (κ3) is 4.38. The molecule has 0 aromatic carbocycles. The number of aromatic nitrogens is 1. The van der Waals surface area contributed by atoms with Crippen LogP contribution in [0, 0.1) is 5.92 Å². The van der Waals surface area contributed by atoms with Crippen molar-refractivity contribution in [3.8, 4) is 0 Å². The van der Waals surface area contributed by atoms with Crippen LogP contribution in [-0.4, -0.2) is 64.6 Å². The van der Waals surface area contributed by atoms with Gasteiger partial charge in [0.05, 0.1) is 10.8 Å². The molecule has 3 heterocycles. The van der Waals surface area contributed by atoms with Gasteiger partial charge in [0.25, 0.3) is 5.91 Å². The molecule has 2 N–H and O–H groups in total. The standard InChI is InChI=1S/C19H28N4O2S/c1-14(18(24)22-9-2-3-10-22)26-17-16(5-4-8-21-17)19(25)23-11-6-15(13-20)7-12-23/h4-5,8,14-15H,2-3,6-7,9-13,20H2,1H3. The molecule has 0 bridgehead atoms. The Morgan fingerprint density at radius 2 is 1.92 bits per heavy atom. The van der Waals surface area contributed by atoms with E-state index in [0.29, 0.717) is 23.1 Å². The summed E-state index contributed by atoms with van der Waals surface area (Å²) >= 11 is 1.39. The van der Waals surface area contributed by atoms with Crippen molar-refractivity contribution in [2.45, 2.75) is 42.9 Å². The van der Waals surface area contributed by atoms with Crippen molar-refractivity contribution in [3.05, 3.63) is 23.9 Å². The molecular formula is C19H28N4O2S. The number of thioether (sulfide) groups is 1. The number of rotatable bonds is 5. The van der Waals surface area contributed by atoms with Crippen LogP contribution in [0.2, 0.25) is 0 Å². The minimum Gasteiger partial charge on any atom is -0.342 e. The summed E-state index contributed by atoms with van der Waals surface area (Å²) < 4.78 is 0. The van der Waals surface area contributed by atoms with Crippen LogP contribution in [-0.2, 0) is 4.79 Å². The van der Waals surface area contributed by atoms with Crippen LogP contribution >= 0.6 is 11.8 Å². The molecule has 2 saturated heterocycles. The van der Waals surface area contributed by atoms with Gasteiger partial charge in [-0.25, -0.2) is 4.98 Å². The third-order valence-electron chi connectivity index (χ3n) is 5.29. The van der Waals surface area contributed by atoms with E-state index in [9.17, 15) is 9.59 Å². The van der Waals surface area contributed by atoms with Crippen LogP contribution in [0.3, 0.4) is 0 Å². The van der Waals surface area contributed by atoms with E-state index in [1.54, 1.807) is 12.3 Å². The average Bonchev–Trinajstić information content (AvgIpc) is 3.22. The fourth-order valence-electron chi connectivity index (χ4n) is 3.60. The molecule has 6 nitrogen and oxygen atoms in total. The summed E-state index contributed by atoms with van der Waals surface area (Å²) in [6.45, 7) is 5.75. The number of carbonyl (C=O) groups excluding carboxylic acids is 2. The molecule has 0 radical (unpaired) electrons. The Hall–Kier alpha value is -1.60. The van der Waals surface area contributed by atoms with Gasteiger partial charge in [0, 0.05) is 32.4 Å². The number of nitrogens with zero attached hydrogens (tertiary/aromatic N) is 3. The molecule has 26 heavy (non-hydrogen) atoms. The number of carbonyl (C=O) groups is 2.